The minimum atomic E-state index is -0.154. The smallest absolute Gasteiger partial charge is 0.243 e. The summed E-state index contributed by atoms with van der Waals surface area (Å²) in [7, 11) is 1.54. The molecule has 2 aromatic carbocycles. The van der Waals surface area contributed by atoms with Gasteiger partial charge in [0, 0.05) is 16.8 Å². The van der Waals surface area contributed by atoms with E-state index in [-0.39, 0.29) is 12.5 Å². The third-order valence-electron chi connectivity index (χ3n) is 2.98. The second kappa shape index (κ2) is 6.99. The molecule has 4 nitrogen and oxygen atoms in total. The zero-order valence-corrected chi connectivity index (χ0v) is 12.7. The Morgan fingerprint density at radius 1 is 1.24 bits per heavy atom. The first-order chi connectivity index (χ1) is 10.1. The van der Waals surface area contributed by atoms with E-state index in [0.717, 1.165) is 11.3 Å². The Balaban J connectivity index is 2.01. The number of benzene rings is 2. The third-order valence-corrected chi connectivity index (χ3v) is 3.39. The quantitative estimate of drug-likeness (QED) is 0.885. The number of amides is 1. The van der Waals surface area contributed by atoms with Gasteiger partial charge in [-0.3, -0.25) is 4.79 Å². The Morgan fingerprint density at radius 2 is 1.95 bits per heavy atom. The number of aryl methyl sites for hydroxylation is 1. The minimum absolute atomic E-state index is 0.154. The molecule has 0 spiro atoms. The van der Waals surface area contributed by atoms with Crippen molar-refractivity contribution in [1.29, 1.82) is 0 Å². The summed E-state index contributed by atoms with van der Waals surface area (Å²) >= 11 is 6.04. The summed E-state index contributed by atoms with van der Waals surface area (Å²) in [5, 5.41) is 6.47. The molecule has 2 N–H and O–H groups in total. The molecule has 0 unspecified atom stereocenters. The molecule has 2 rings (SSSR count). The van der Waals surface area contributed by atoms with Gasteiger partial charge in [0.25, 0.3) is 0 Å². The molecule has 0 saturated carbocycles. The van der Waals surface area contributed by atoms with Crippen LogP contribution in [-0.2, 0) is 4.79 Å². The van der Waals surface area contributed by atoms with E-state index in [4.69, 9.17) is 16.3 Å². The molecule has 0 radical (unpaired) electrons. The van der Waals surface area contributed by atoms with Crippen LogP contribution in [-0.4, -0.2) is 19.6 Å². The predicted octanol–water partition coefficient (Wildman–Crippen LogP) is 3.71. The normalized spacial score (nSPS) is 10.0. The molecule has 0 aliphatic heterocycles. The van der Waals surface area contributed by atoms with E-state index < -0.39 is 0 Å². The molecule has 0 aromatic heterocycles. The van der Waals surface area contributed by atoms with E-state index in [9.17, 15) is 4.79 Å². The van der Waals surface area contributed by atoms with Crippen LogP contribution in [0, 0.1) is 6.92 Å². The number of hydrogen-bond acceptors (Lipinski definition) is 3. The zero-order valence-electron chi connectivity index (χ0n) is 11.9. The van der Waals surface area contributed by atoms with Gasteiger partial charge >= 0.3 is 0 Å². The topological polar surface area (TPSA) is 50.4 Å². The van der Waals surface area contributed by atoms with Gasteiger partial charge < -0.3 is 15.4 Å². The van der Waals surface area contributed by atoms with Gasteiger partial charge in [-0.2, -0.15) is 0 Å². The van der Waals surface area contributed by atoms with Crippen molar-refractivity contribution in [1.82, 2.24) is 0 Å². The van der Waals surface area contributed by atoms with Gasteiger partial charge in [-0.1, -0.05) is 29.8 Å². The van der Waals surface area contributed by atoms with Crippen molar-refractivity contribution in [3.05, 3.63) is 53.1 Å². The van der Waals surface area contributed by atoms with Crippen LogP contribution >= 0.6 is 11.6 Å². The average molecular weight is 305 g/mol. The number of nitrogens with one attached hydrogen (secondary N) is 2. The van der Waals surface area contributed by atoms with Crippen molar-refractivity contribution in [3.8, 4) is 5.75 Å². The molecule has 0 heterocycles. The van der Waals surface area contributed by atoms with Gasteiger partial charge in [-0.25, -0.2) is 0 Å². The first-order valence-corrected chi connectivity index (χ1v) is 6.91. The molecule has 1 amide bonds. The van der Waals surface area contributed by atoms with E-state index in [1.807, 2.05) is 37.3 Å². The molecule has 21 heavy (non-hydrogen) atoms. The maximum atomic E-state index is 12.0. The van der Waals surface area contributed by atoms with Gasteiger partial charge in [-0.15, -0.1) is 0 Å². The number of hydrogen-bond donors (Lipinski definition) is 2. The second-order valence-corrected chi connectivity index (χ2v) is 4.98. The van der Waals surface area contributed by atoms with Gasteiger partial charge in [0.2, 0.25) is 5.91 Å². The standard InChI is InChI=1S/C16H17ClN2O2/c1-11-8-14(15(21-2)9-13(11)17)19-16(20)10-18-12-6-4-3-5-7-12/h3-9,18H,10H2,1-2H3,(H,19,20). The fourth-order valence-corrected chi connectivity index (χ4v) is 2.02. The maximum absolute atomic E-state index is 12.0. The van der Waals surface area contributed by atoms with Crippen molar-refractivity contribution in [2.45, 2.75) is 6.92 Å². The maximum Gasteiger partial charge on any atom is 0.243 e. The predicted molar refractivity (Wildman–Crippen MR) is 86.3 cm³/mol. The van der Waals surface area contributed by atoms with E-state index in [1.54, 1.807) is 19.2 Å². The SMILES string of the molecule is COc1cc(Cl)c(C)cc1NC(=O)CNc1ccccc1. The van der Waals surface area contributed by atoms with Gasteiger partial charge in [0.05, 0.1) is 19.3 Å². The molecule has 0 aliphatic carbocycles. The van der Waals surface area contributed by atoms with E-state index in [0.29, 0.717) is 16.5 Å². The molecule has 5 heteroatoms. The van der Waals surface area contributed by atoms with Crippen LogP contribution in [0.2, 0.25) is 5.02 Å². The van der Waals surface area contributed by atoms with Crippen molar-refractivity contribution >= 4 is 28.9 Å². The van der Waals surface area contributed by atoms with Crippen LogP contribution < -0.4 is 15.4 Å². The van der Waals surface area contributed by atoms with Crippen molar-refractivity contribution in [2.24, 2.45) is 0 Å². The molecular weight excluding hydrogens is 288 g/mol. The van der Waals surface area contributed by atoms with E-state index >= 15 is 0 Å². The molecule has 0 bridgehead atoms. The number of methoxy groups -OCH3 is 1. The van der Waals surface area contributed by atoms with E-state index in [2.05, 4.69) is 10.6 Å². The lowest BCUT2D eigenvalue weighted by atomic mass is 10.2. The molecule has 0 aliphatic rings. The molecular formula is C16H17ClN2O2. The van der Waals surface area contributed by atoms with Crippen LogP contribution in [0.25, 0.3) is 0 Å². The molecule has 0 fully saturated rings. The fraction of sp³-hybridized carbons (Fsp3) is 0.188. The minimum Gasteiger partial charge on any atom is -0.495 e. The summed E-state index contributed by atoms with van der Waals surface area (Å²) in [5.41, 5.74) is 2.38. The van der Waals surface area contributed by atoms with Crippen molar-refractivity contribution in [2.75, 3.05) is 24.3 Å². The average Bonchev–Trinajstić information content (AvgIpc) is 2.49. The lowest BCUT2D eigenvalue weighted by Gasteiger charge is -2.13. The Bertz CT molecular complexity index is 630. The lowest BCUT2D eigenvalue weighted by Crippen LogP contribution is -2.22. The van der Waals surface area contributed by atoms with E-state index in [1.165, 1.54) is 0 Å². The number of carbonyl (C=O) groups excluding carboxylic acids is 1. The lowest BCUT2D eigenvalue weighted by molar-refractivity contribution is -0.114. The highest BCUT2D eigenvalue weighted by Gasteiger charge is 2.10. The molecule has 0 atom stereocenters. The van der Waals surface area contributed by atoms with Crippen LogP contribution in [0.1, 0.15) is 5.56 Å². The third kappa shape index (κ3) is 4.13. The van der Waals surface area contributed by atoms with Gasteiger partial charge in [0.15, 0.2) is 0 Å². The van der Waals surface area contributed by atoms with Gasteiger partial charge in [-0.05, 0) is 30.7 Å². The van der Waals surface area contributed by atoms with Crippen LogP contribution in [0.3, 0.4) is 0 Å². The number of rotatable bonds is 5. The van der Waals surface area contributed by atoms with Crippen molar-refractivity contribution in [3.63, 3.8) is 0 Å². The summed E-state index contributed by atoms with van der Waals surface area (Å²) in [5.74, 6) is 0.387. The second-order valence-electron chi connectivity index (χ2n) is 4.57. The van der Waals surface area contributed by atoms with Crippen LogP contribution in [0.15, 0.2) is 42.5 Å². The Hall–Kier alpha value is -2.20. The van der Waals surface area contributed by atoms with Crippen LogP contribution in [0.4, 0.5) is 11.4 Å². The Morgan fingerprint density at radius 3 is 2.62 bits per heavy atom. The number of halogens is 1. The Kier molecular flexibility index (Phi) is 5.06. The van der Waals surface area contributed by atoms with Crippen molar-refractivity contribution < 1.29 is 9.53 Å². The summed E-state index contributed by atoms with van der Waals surface area (Å²) in [6.45, 7) is 2.05. The number of para-hydroxylation sites is 1. The number of carbonyl (C=O) groups is 1. The summed E-state index contributed by atoms with van der Waals surface area (Å²) in [6, 6.07) is 13.0. The fourth-order valence-electron chi connectivity index (χ4n) is 1.86. The van der Waals surface area contributed by atoms with Gasteiger partial charge in [0.1, 0.15) is 5.75 Å². The molecule has 110 valence electrons. The van der Waals surface area contributed by atoms with Crippen LogP contribution in [0.5, 0.6) is 5.75 Å². The highest BCUT2D eigenvalue weighted by Crippen LogP contribution is 2.30. The monoisotopic (exact) mass is 304 g/mol. The number of anilines is 2. The first kappa shape index (κ1) is 15.2. The number of ether oxygens (including phenoxy) is 1. The highest BCUT2D eigenvalue weighted by atomic mass is 35.5. The Labute approximate surface area is 129 Å². The molecule has 0 saturated heterocycles. The first-order valence-electron chi connectivity index (χ1n) is 6.53. The highest BCUT2D eigenvalue weighted by molar-refractivity contribution is 6.31. The zero-order chi connectivity index (χ0) is 15.2. The summed E-state index contributed by atoms with van der Waals surface area (Å²) in [4.78, 5) is 12.0. The largest absolute Gasteiger partial charge is 0.495 e. The molecule has 2 aromatic rings. The summed E-state index contributed by atoms with van der Waals surface area (Å²) < 4.78 is 5.23. The summed E-state index contributed by atoms with van der Waals surface area (Å²) in [6.07, 6.45) is 0.